The highest BCUT2D eigenvalue weighted by Crippen LogP contribution is 2.32. The van der Waals surface area contributed by atoms with Crippen LogP contribution in [0.1, 0.15) is 12.6 Å². The van der Waals surface area contributed by atoms with Crippen molar-refractivity contribution in [3.63, 3.8) is 0 Å². The zero-order valence-corrected chi connectivity index (χ0v) is 9.09. The van der Waals surface area contributed by atoms with Crippen molar-refractivity contribution >= 4 is 24.0 Å². The molecule has 1 aromatic rings. The zero-order valence-electron chi connectivity index (χ0n) is 7.46. The number of nitrogens with zero attached hydrogens (tertiary/aromatic N) is 1. The molecule has 1 atom stereocenters. The number of hydrogen-bond acceptors (Lipinski definition) is 3. The molecule has 0 radical (unpaired) electrons. The summed E-state index contributed by atoms with van der Waals surface area (Å²) >= 11 is 6.65. The number of aromatic amines is 1. The van der Waals surface area contributed by atoms with Gasteiger partial charge in [0.15, 0.2) is 4.77 Å². The lowest BCUT2D eigenvalue weighted by Gasteiger charge is -2.01. The van der Waals surface area contributed by atoms with Crippen LogP contribution in [0.4, 0.5) is 0 Å². The van der Waals surface area contributed by atoms with Crippen molar-refractivity contribution in [3.05, 3.63) is 20.8 Å². The Morgan fingerprint density at radius 1 is 1.69 bits per heavy atom. The van der Waals surface area contributed by atoms with Crippen molar-refractivity contribution in [3.8, 4) is 0 Å². The third-order valence-electron chi connectivity index (χ3n) is 2.15. The minimum atomic E-state index is 0.0353. The van der Waals surface area contributed by atoms with Crippen LogP contribution in [0.5, 0.6) is 0 Å². The van der Waals surface area contributed by atoms with Gasteiger partial charge in [0.1, 0.15) is 0 Å². The molecule has 0 aliphatic carbocycles. The van der Waals surface area contributed by atoms with Gasteiger partial charge >= 0.3 is 0 Å². The molecule has 0 fully saturated rings. The predicted octanol–water partition coefficient (Wildman–Crippen LogP) is 1.48. The lowest BCUT2D eigenvalue weighted by Crippen LogP contribution is -2.20. The highest BCUT2D eigenvalue weighted by molar-refractivity contribution is 8.00. The van der Waals surface area contributed by atoms with Crippen LogP contribution in [0, 0.1) is 4.77 Å². The molecule has 0 aromatic carbocycles. The zero-order chi connectivity index (χ0) is 9.59. The average Bonchev–Trinajstić information content (AvgIpc) is 2.42. The van der Waals surface area contributed by atoms with Gasteiger partial charge in [0.2, 0.25) is 0 Å². The van der Waals surface area contributed by atoms with Crippen LogP contribution in [0.2, 0.25) is 0 Å². The van der Waals surface area contributed by atoms with Crippen LogP contribution in [0.25, 0.3) is 0 Å². The second-order valence-corrected chi connectivity index (χ2v) is 5.07. The van der Waals surface area contributed by atoms with Crippen LogP contribution in [0.3, 0.4) is 0 Å². The molecule has 3 nitrogen and oxygen atoms in total. The van der Waals surface area contributed by atoms with Gasteiger partial charge in [0.05, 0.1) is 4.90 Å². The summed E-state index contributed by atoms with van der Waals surface area (Å²) in [4.78, 5) is 15.6. The molecule has 1 aromatic heterocycles. The van der Waals surface area contributed by atoms with E-state index in [0.717, 1.165) is 17.0 Å². The molecule has 1 unspecified atom stereocenters. The van der Waals surface area contributed by atoms with E-state index in [4.69, 9.17) is 12.2 Å². The Bertz CT molecular complexity index is 460. The largest absolute Gasteiger partial charge is 0.335 e. The molecule has 2 heterocycles. The normalized spacial score (nSPS) is 20.3. The summed E-state index contributed by atoms with van der Waals surface area (Å²) in [5, 5.41) is 0.482. The molecule has 13 heavy (non-hydrogen) atoms. The maximum Gasteiger partial charge on any atom is 0.267 e. The van der Waals surface area contributed by atoms with Crippen molar-refractivity contribution in [2.75, 3.05) is 0 Å². The highest BCUT2D eigenvalue weighted by atomic mass is 32.2. The first-order chi connectivity index (χ1) is 6.09. The molecular weight excluding hydrogens is 204 g/mol. The Morgan fingerprint density at radius 3 is 3.08 bits per heavy atom. The Morgan fingerprint density at radius 2 is 2.38 bits per heavy atom. The average molecular weight is 214 g/mol. The maximum absolute atomic E-state index is 11.7. The number of rotatable bonds is 0. The fraction of sp³-hybridized carbons (Fsp3) is 0.500. The van der Waals surface area contributed by atoms with Crippen LogP contribution < -0.4 is 5.56 Å². The third kappa shape index (κ3) is 1.36. The summed E-state index contributed by atoms with van der Waals surface area (Å²) in [6, 6.07) is 0. The van der Waals surface area contributed by atoms with Gasteiger partial charge in [-0.25, -0.2) is 0 Å². The van der Waals surface area contributed by atoms with E-state index < -0.39 is 0 Å². The number of aromatic nitrogens is 2. The molecule has 5 heteroatoms. The first-order valence-corrected chi connectivity index (χ1v) is 5.37. The third-order valence-corrected chi connectivity index (χ3v) is 3.75. The number of hydrogen-bond donors (Lipinski definition) is 1. The number of H-pyrrole nitrogens is 1. The molecule has 1 N–H and O–H groups in total. The first-order valence-electron chi connectivity index (χ1n) is 4.08. The van der Waals surface area contributed by atoms with E-state index in [9.17, 15) is 4.79 Å². The number of nitrogens with one attached hydrogen (secondary N) is 1. The van der Waals surface area contributed by atoms with E-state index in [1.165, 1.54) is 4.57 Å². The molecule has 0 spiro atoms. The van der Waals surface area contributed by atoms with Crippen LogP contribution in [0.15, 0.2) is 9.69 Å². The second-order valence-electron chi connectivity index (χ2n) is 3.23. The second kappa shape index (κ2) is 2.99. The van der Waals surface area contributed by atoms with E-state index in [1.807, 2.05) is 0 Å². The molecule has 0 saturated heterocycles. The van der Waals surface area contributed by atoms with Crippen LogP contribution in [-0.4, -0.2) is 14.8 Å². The minimum Gasteiger partial charge on any atom is -0.335 e. The van der Waals surface area contributed by atoms with Gasteiger partial charge in [-0.3, -0.25) is 9.36 Å². The Kier molecular flexibility index (Phi) is 2.08. The Hall–Kier alpha value is -0.550. The molecule has 0 bridgehead atoms. The van der Waals surface area contributed by atoms with E-state index in [2.05, 4.69) is 11.9 Å². The van der Waals surface area contributed by atoms with Gasteiger partial charge < -0.3 is 4.98 Å². The van der Waals surface area contributed by atoms with Crippen molar-refractivity contribution in [2.24, 2.45) is 7.05 Å². The van der Waals surface area contributed by atoms with Gasteiger partial charge in [-0.05, 0) is 12.2 Å². The Labute approximate surface area is 85.2 Å². The van der Waals surface area contributed by atoms with Gasteiger partial charge in [-0.15, -0.1) is 11.8 Å². The first kappa shape index (κ1) is 9.02. The summed E-state index contributed by atoms with van der Waals surface area (Å²) in [7, 11) is 1.70. The van der Waals surface area contributed by atoms with Gasteiger partial charge in [-0.2, -0.15) is 0 Å². The van der Waals surface area contributed by atoms with Crippen molar-refractivity contribution in [1.82, 2.24) is 9.55 Å². The quantitative estimate of drug-likeness (QED) is 0.665. The monoisotopic (exact) mass is 214 g/mol. The summed E-state index contributed by atoms with van der Waals surface area (Å²) in [6.07, 6.45) is 0.916. The smallest absolute Gasteiger partial charge is 0.267 e. The SMILES string of the molecule is CC1Cc2[nH]c(=S)n(C)c(=O)c2S1. The van der Waals surface area contributed by atoms with E-state index in [1.54, 1.807) is 18.8 Å². The molecule has 0 saturated carbocycles. The lowest BCUT2D eigenvalue weighted by molar-refractivity contribution is 0.749. The molecular formula is C8H10N2OS2. The summed E-state index contributed by atoms with van der Waals surface area (Å²) in [5.74, 6) is 0. The fourth-order valence-corrected chi connectivity index (χ4v) is 2.81. The van der Waals surface area contributed by atoms with Gasteiger partial charge in [0.25, 0.3) is 5.56 Å². The summed E-state index contributed by atoms with van der Waals surface area (Å²) in [5.41, 5.74) is 1.04. The maximum atomic E-state index is 11.7. The molecule has 1 aliphatic rings. The predicted molar refractivity (Wildman–Crippen MR) is 55.9 cm³/mol. The van der Waals surface area contributed by atoms with Crippen molar-refractivity contribution in [1.29, 1.82) is 0 Å². The van der Waals surface area contributed by atoms with Gasteiger partial charge in [-0.1, -0.05) is 6.92 Å². The lowest BCUT2D eigenvalue weighted by atomic mass is 10.2. The van der Waals surface area contributed by atoms with E-state index >= 15 is 0 Å². The van der Waals surface area contributed by atoms with Crippen molar-refractivity contribution in [2.45, 2.75) is 23.5 Å². The van der Waals surface area contributed by atoms with Crippen LogP contribution in [-0.2, 0) is 13.5 Å². The number of thioether (sulfide) groups is 1. The van der Waals surface area contributed by atoms with Crippen LogP contribution >= 0.6 is 24.0 Å². The highest BCUT2D eigenvalue weighted by Gasteiger charge is 2.22. The van der Waals surface area contributed by atoms with Crippen molar-refractivity contribution < 1.29 is 0 Å². The molecule has 0 amide bonds. The minimum absolute atomic E-state index is 0.0353. The molecule has 70 valence electrons. The Balaban J connectivity index is 2.74. The summed E-state index contributed by atoms with van der Waals surface area (Å²) in [6.45, 7) is 2.11. The topological polar surface area (TPSA) is 37.8 Å². The van der Waals surface area contributed by atoms with E-state index in [-0.39, 0.29) is 5.56 Å². The van der Waals surface area contributed by atoms with E-state index in [0.29, 0.717) is 10.0 Å². The standard InChI is InChI=1S/C8H10N2OS2/c1-4-3-5-6(13-4)7(11)10(2)8(12)9-5/h4H,3H2,1-2H3,(H,9,12). The fourth-order valence-electron chi connectivity index (χ4n) is 1.44. The summed E-state index contributed by atoms with van der Waals surface area (Å²) < 4.78 is 2.00. The molecule has 2 rings (SSSR count). The molecule has 1 aliphatic heterocycles. The number of fused-ring (bicyclic) bond motifs is 1. The van der Waals surface area contributed by atoms with Gasteiger partial charge in [0, 0.05) is 24.4 Å².